The van der Waals surface area contributed by atoms with Crippen LogP contribution in [0.1, 0.15) is 17.3 Å². The van der Waals surface area contributed by atoms with Gasteiger partial charge in [0.25, 0.3) is 5.91 Å². The third kappa shape index (κ3) is 5.87. The largest absolute Gasteiger partial charge is 0.383 e. The molecule has 1 aromatic rings. The van der Waals surface area contributed by atoms with Gasteiger partial charge in [-0.2, -0.15) is 0 Å². The molecule has 0 spiro atoms. The molecule has 134 valence electrons. The van der Waals surface area contributed by atoms with Gasteiger partial charge < -0.3 is 10.1 Å². The number of ether oxygens (including phenoxy) is 1. The Morgan fingerprint density at radius 3 is 2.62 bits per heavy atom. The molecule has 0 bridgehead atoms. The lowest BCUT2D eigenvalue weighted by Gasteiger charge is -2.16. The molecule has 1 atom stereocenters. The van der Waals surface area contributed by atoms with E-state index in [0.717, 1.165) is 0 Å². The minimum absolute atomic E-state index is 0.0134. The molecule has 1 rings (SSSR count). The fourth-order valence-corrected chi connectivity index (χ4v) is 3.20. The van der Waals surface area contributed by atoms with Gasteiger partial charge in [-0.3, -0.25) is 15.6 Å². The monoisotopic (exact) mass is 394 g/mol. The zero-order valence-electron chi connectivity index (χ0n) is 13.3. The van der Waals surface area contributed by atoms with E-state index in [9.17, 15) is 13.2 Å². The van der Waals surface area contributed by atoms with Gasteiger partial charge in [-0.1, -0.05) is 11.6 Å². The molecular weight excluding hydrogens is 376 g/mol. The molecule has 0 aliphatic heterocycles. The highest BCUT2D eigenvalue weighted by atomic mass is 35.5. The molecule has 1 aromatic carbocycles. The maximum atomic E-state index is 12.1. The average Bonchev–Trinajstić information content (AvgIpc) is 2.53. The van der Waals surface area contributed by atoms with Crippen molar-refractivity contribution in [2.75, 3.05) is 20.8 Å². The van der Waals surface area contributed by atoms with Gasteiger partial charge in [0.15, 0.2) is 5.11 Å². The summed E-state index contributed by atoms with van der Waals surface area (Å²) < 4.78 is 30.8. The topological polar surface area (TPSA) is 109 Å². The van der Waals surface area contributed by atoms with Gasteiger partial charge in [0, 0.05) is 18.7 Å². The van der Waals surface area contributed by atoms with Crippen molar-refractivity contribution in [1.82, 2.24) is 20.9 Å². The third-order valence-electron chi connectivity index (χ3n) is 2.84. The number of carbonyl (C=O) groups is 1. The van der Waals surface area contributed by atoms with E-state index in [1.165, 1.54) is 25.2 Å². The standard InChI is InChI=1S/C13H19ClN4O4S2/c1-8(7-22-3)16-13(23)18-17-12(19)9-4-5-10(14)11(6-9)24(20,21)15-2/h4-6,8,15H,7H2,1-3H3,(H,17,19)(H2,16,18,23)/t8-/m1/s1. The van der Waals surface area contributed by atoms with Crippen LogP contribution >= 0.6 is 23.8 Å². The Balaban J connectivity index is 2.76. The molecule has 0 saturated carbocycles. The van der Waals surface area contributed by atoms with Crippen LogP contribution in [0.15, 0.2) is 23.1 Å². The van der Waals surface area contributed by atoms with E-state index in [1.54, 1.807) is 7.11 Å². The van der Waals surface area contributed by atoms with Gasteiger partial charge >= 0.3 is 0 Å². The molecule has 0 aliphatic carbocycles. The molecule has 8 nitrogen and oxygen atoms in total. The first-order valence-corrected chi connectivity index (χ1v) is 9.07. The molecule has 0 aliphatic rings. The quantitative estimate of drug-likeness (QED) is 0.408. The number of benzene rings is 1. The summed E-state index contributed by atoms with van der Waals surface area (Å²) in [6.07, 6.45) is 0. The molecule has 0 radical (unpaired) electrons. The number of hydrogen-bond donors (Lipinski definition) is 4. The van der Waals surface area contributed by atoms with Crippen molar-refractivity contribution in [3.8, 4) is 0 Å². The predicted octanol–water partition coefficient (Wildman–Crippen LogP) is 0.392. The third-order valence-corrected chi connectivity index (χ3v) is 4.95. The average molecular weight is 395 g/mol. The van der Waals surface area contributed by atoms with Crippen LogP contribution in [0, 0.1) is 0 Å². The number of carbonyl (C=O) groups excluding carboxylic acids is 1. The summed E-state index contributed by atoms with van der Waals surface area (Å²) in [4.78, 5) is 11.9. The second-order valence-electron chi connectivity index (χ2n) is 4.76. The number of rotatable bonds is 6. The number of halogens is 1. The van der Waals surface area contributed by atoms with E-state index >= 15 is 0 Å². The van der Waals surface area contributed by atoms with E-state index in [1.807, 2.05) is 6.92 Å². The SMILES string of the molecule is CNS(=O)(=O)c1cc(C(=O)NNC(=S)N[C@H](C)COC)ccc1Cl. The van der Waals surface area contributed by atoms with Crippen LogP contribution in [-0.4, -0.2) is 46.2 Å². The number of hydrogen-bond acceptors (Lipinski definition) is 5. The number of methoxy groups -OCH3 is 1. The van der Waals surface area contributed by atoms with Crippen molar-refractivity contribution >= 4 is 44.9 Å². The Hall–Kier alpha value is -1.46. The fraction of sp³-hybridized carbons (Fsp3) is 0.385. The first kappa shape index (κ1) is 20.6. The minimum Gasteiger partial charge on any atom is -0.383 e. The molecule has 11 heteroatoms. The van der Waals surface area contributed by atoms with Crippen LogP contribution in [0.3, 0.4) is 0 Å². The molecule has 4 N–H and O–H groups in total. The summed E-state index contributed by atoms with van der Waals surface area (Å²) in [6, 6.07) is 3.86. The van der Waals surface area contributed by atoms with E-state index in [4.69, 9.17) is 28.6 Å². The van der Waals surface area contributed by atoms with Gasteiger partial charge in [-0.15, -0.1) is 0 Å². The number of thiocarbonyl (C=S) groups is 1. The molecule has 0 saturated heterocycles. The van der Waals surface area contributed by atoms with Crippen LogP contribution in [-0.2, 0) is 14.8 Å². The van der Waals surface area contributed by atoms with Gasteiger partial charge in [-0.05, 0) is 44.4 Å². The maximum absolute atomic E-state index is 12.1. The number of sulfonamides is 1. The number of hydrazine groups is 1. The van der Waals surface area contributed by atoms with Gasteiger partial charge in [0.05, 0.1) is 11.6 Å². The van der Waals surface area contributed by atoms with E-state index in [2.05, 4.69) is 20.9 Å². The summed E-state index contributed by atoms with van der Waals surface area (Å²) in [6.45, 7) is 2.30. The lowest BCUT2D eigenvalue weighted by atomic mass is 10.2. The van der Waals surface area contributed by atoms with Crippen LogP contribution in [0.25, 0.3) is 0 Å². The zero-order chi connectivity index (χ0) is 18.3. The summed E-state index contributed by atoms with van der Waals surface area (Å²) in [7, 11) is -0.954. The minimum atomic E-state index is -3.77. The Morgan fingerprint density at radius 2 is 2.04 bits per heavy atom. The van der Waals surface area contributed by atoms with Gasteiger partial charge in [0.1, 0.15) is 4.90 Å². The molecule has 0 unspecified atom stereocenters. The molecular formula is C13H19ClN4O4S2. The van der Waals surface area contributed by atoms with Crippen LogP contribution in [0.5, 0.6) is 0 Å². The van der Waals surface area contributed by atoms with Gasteiger partial charge in [0.2, 0.25) is 10.0 Å². The Labute approximate surface area is 151 Å². The van der Waals surface area contributed by atoms with Crippen LogP contribution < -0.4 is 20.9 Å². The Morgan fingerprint density at radius 1 is 1.38 bits per heavy atom. The summed E-state index contributed by atoms with van der Waals surface area (Å²) in [5.74, 6) is -0.567. The second kappa shape index (κ2) is 9.14. The summed E-state index contributed by atoms with van der Waals surface area (Å²) in [5.41, 5.74) is 5.00. The van der Waals surface area contributed by atoms with Crippen molar-refractivity contribution in [2.45, 2.75) is 17.9 Å². The molecule has 0 heterocycles. The second-order valence-corrected chi connectivity index (χ2v) is 7.43. The molecule has 1 amide bonds. The van der Waals surface area contributed by atoms with E-state index < -0.39 is 15.9 Å². The van der Waals surface area contributed by atoms with Crippen molar-refractivity contribution < 1.29 is 17.9 Å². The highest BCUT2D eigenvalue weighted by Gasteiger charge is 2.18. The van der Waals surface area contributed by atoms with Crippen molar-refractivity contribution in [3.63, 3.8) is 0 Å². The Kier molecular flexibility index (Phi) is 7.84. The first-order valence-electron chi connectivity index (χ1n) is 6.80. The first-order chi connectivity index (χ1) is 11.2. The summed E-state index contributed by atoms with van der Waals surface area (Å²) in [5, 5.41) is 3.11. The molecule has 0 fully saturated rings. The molecule has 0 aromatic heterocycles. The molecule has 24 heavy (non-hydrogen) atoms. The lowest BCUT2D eigenvalue weighted by molar-refractivity contribution is 0.0943. The smallest absolute Gasteiger partial charge is 0.269 e. The van der Waals surface area contributed by atoms with Crippen LogP contribution in [0.2, 0.25) is 5.02 Å². The van der Waals surface area contributed by atoms with Crippen molar-refractivity contribution in [2.24, 2.45) is 0 Å². The van der Waals surface area contributed by atoms with Crippen molar-refractivity contribution in [3.05, 3.63) is 28.8 Å². The lowest BCUT2D eigenvalue weighted by Crippen LogP contribution is -2.49. The highest BCUT2D eigenvalue weighted by Crippen LogP contribution is 2.22. The number of nitrogens with one attached hydrogen (secondary N) is 4. The zero-order valence-corrected chi connectivity index (χ0v) is 15.7. The Bertz CT molecular complexity index is 712. The van der Waals surface area contributed by atoms with Gasteiger partial charge in [-0.25, -0.2) is 13.1 Å². The van der Waals surface area contributed by atoms with Crippen LogP contribution in [0.4, 0.5) is 0 Å². The van der Waals surface area contributed by atoms with E-state index in [0.29, 0.717) is 6.61 Å². The number of amides is 1. The van der Waals surface area contributed by atoms with Crippen molar-refractivity contribution in [1.29, 1.82) is 0 Å². The predicted molar refractivity (Wildman–Crippen MR) is 95.4 cm³/mol. The normalized spacial score (nSPS) is 12.3. The summed E-state index contributed by atoms with van der Waals surface area (Å²) >= 11 is 10.9. The van der Waals surface area contributed by atoms with E-state index in [-0.39, 0.29) is 26.6 Å². The maximum Gasteiger partial charge on any atom is 0.269 e. The highest BCUT2D eigenvalue weighted by molar-refractivity contribution is 7.89. The fourth-order valence-electron chi connectivity index (χ4n) is 1.70.